The first-order valence-corrected chi connectivity index (χ1v) is 21.1. The van der Waals surface area contributed by atoms with E-state index in [2.05, 4.69) is 43.1 Å². The number of ether oxygens (including phenoxy) is 1. The first-order chi connectivity index (χ1) is 29.4. The number of anilines is 3. The molecule has 3 amide bonds. The van der Waals surface area contributed by atoms with Gasteiger partial charge in [-0.2, -0.15) is 5.10 Å². The number of benzene rings is 2. The van der Waals surface area contributed by atoms with Crippen molar-refractivity contribution >= 4 is 46.1 Å². The molecule has 3 aromatic heterocycles. The van der Waals surface area contributed by atoms with Gasteiger partial charge < -0.3 is 19.1 Å². The van der Waals surface area contributed by atoms with Crippen LogP contribution >= 0.6 is 0 Å². The van der Waals surface area contributed by atoms with Crippen LogP contribution in [0.5, 0.6) is 5.88 Å². The predicted molar refractivity (Wildman–Crippen MR) is 224 cm³/mol. The summed E-state index contributed by atoms with van der Waals surface area (Å²) in [5.41, 5.74) is 5.00. The van der Waals surface area contributed by atoms with E-state index in [0.717, 1.165) is 47.3 Å². The van der Waals surface area contributed by atoms with Gasteiger partial charge in [-0.05, 0) is 81.0 Å². The number of fused-ring (bicyclic) bond motifs is 7. The highest BCUT2D eigenvalue weighted by Crippen LogP contribution is 2.35. The monoisotopic (exact) mass is 838 g/mol. The van der Waals surface area contributed by atoms with Gasteiger partial charge in [-0.3, -0.25) is 34.9 Å². The zero-order chi connectivity index (χ0) is 42.5. The molecule has 2 N–H and O–H groups in total. The summed E-state index contributed by atoms with van der Waals surface area (Å²) in [4.78, 5) is 53.5. The Hall–Kier alpha value is -5.97. The summed E-state index contributed by atoms with van der Waals surface area (Å²) < 4.78 is 56.6. The smallest absolute Gasteiger partial charge is 0.258 e. The zero-order valence-corrected chi connectivity index (χ0v) is 34.5. The molecule has 0 unspecified atom stereocenters. The molecule has 9 rings (SSSR count). The van der Waals surface area contributed by atoms with Crippen molar-refractivity contribution in [2.75, 3.05) is 61.0 Å². The molecule has 0 spiro atoms. The van der Waals surface area contributed by atoms with Gasteiger partial charge in [0.2, 0.25) is 23.6 Å². The zero-order valence-electron chi connectivity index (χ0n) is 34.5. The molecule has 0 aliphatic carbocycles. The Morgan fingerprint density at radius 3 is 2.39 bits per heavy atom. The minimum atomic E-state index is -1.25. The van der Waals surface area contributed by atoms with Crippen LogP contribution in [-0.4, -0.2) is 105 Å². The Morgan fingerprint density at radius 2 is 1.64 bits per heavy atom. The van der Waals surface area contributed by atoms with Crippen molar-refractivity contribution in [1.29, 1.82) is 0 Å². The van der Waals surface area contributed by atoms with E-state index >= 15 is 13.2 Å². The van der Waals surface area contributed by atoms with E-state index in [4.69, 9.17) is 14.7 Å². The third-order valence-electron chi connectivity index (χ3n) is 12.6. The molecule has 2 aromatic carbocycles. The molecular formula is C44H49F3N10O4. The first kappa shape index (κ1) is 40.4. The number of hydrogen-bond acceptors (Lipinski definition) is 10. The van der Waals surface area contributed by atoms with E-state index in [9.17, 15) is 14.4 Å². The Kier molecular flexibility index (Phi) is 10.9. The van der Waals surface area contributed by atoms with Crippen molar-refractivity contribution in [3.8, 4) is 17.1 Å². The lowest BCUT2D eigenvalue weighted by Crippen LogP contribution is -2.58. The number of hydrogen-bond donors (Lipinski definition) is 2. The second-order valence-electron chi connectivity index (χ2n) is 16.8. The normalized spacial score (nSPS) is 23.1. The SMILES string of the molecule is Cc1cc2cc(n1)-c1cnn(C)c1OCCC[C@@H](C)Cn1c(nc3ccc(N4CCN([C@H]5CCN(c6cc(F)c([C@@H]7CCC(=O)NC7=O)c(F)c6)C[C@H]5F)CC4)cc31)NC2=O. The van der Waals surface area contributed by atoms with Crippen molar-refractivity contribution in [2.24, 2.45) is 13.0 Å². The van der Waals surface area contributed by atoms with Gasteiger partial charge in [-0.15, -0.1) is 0 Å². The van der Waals surface area contributed by atoms with E-state index in [-0.39, 0.29) is 48.5 Å². The number of nitrogens with one attached hydrogen (secondary N) is 2. The van der Waals surface area contributed by atoms with Crippen LogP contribution in [0.2, 0.25) is 0 Å². The second-order valence-corrected chi connectivity index (χ2v) is 16.8. The molecule has 4 atom stereocenters. The number of aromatic nitrogens is 5. The van der Waals surface area contributed by atoms with Crippen LogP contribution in [0, 0.1) is 24.5 Å². The topological polar surface area (TPSA) is 143 Å². The molecule has 3 fully saturated rings. The van der Waals surface area contributed by atoms with Crippen molar-refractivity contribution in [2.45, 2.75) is 70.6 Å². The fourth-order valence-corrected chi connectivity index (χ4v) is 9.38. The summed E-state index contributed by atoms with van der Waals surface area (Å²) in [5, 5.41) is 9.65. The molecule has 0 saturated carbocycles. The number of aryl methyl sites for hydroxylation is 2. The average Bonchev–Trinajstić information content (AvgIpc) is 3.77. The van der Waals surface area contributed by atoms with Gasteiger partial charge in [0.05, 0.1) is 47.6 Å². The van der Waals surface area contributed by atoms with Crippen LogP contribution in [-0.2, 0) is 23.2 Å². The number of amides is 3. The summed E-state index contributed by atoms with van der Waals surface area (Å²) in [6.45, 7) is 8.19. The summed E-state index contributed by atoms with van der Waals surface area (Å²) in [6, 6.07) is 11.6. The molecular weight excluding hydrogens is 790 g/mol. The van der Waals surface area contributed by atoms with Gasteiger partial charge in [0.15, 0.2) is 0 Å². The molecule has 61 heavy (non-hydrogen) atoms. The fourth-order valence-electron chi connectivity index (χ4n) is 9.38. The number of piperazine rings is 1. The average molecular weight is 839 g/mol. The van der Waals surface area contributed by atoms with Crippen LogP contribution in [0.15, 0.2) is 48.7 Å². The van der Waals surface area contributed by atoms with Crippen molar-refractivity contribution in [1.82, 2.24) is 34.5 Å². The Balaban J connectivity index is 0.882. The van der Waals surface area contributed by atoms with Gasteiger partial charge in [0.25, 0.3) is 5.91 Å². The molecule has 7 heterocycles. The van der Waals surface area contributed by atoms with Crippen LogP contribution in [0.4, 0.5) is 30.5 Å². The number of imide groups is 1. The summed E-state index contributed by atoms with van der Waals surface area (Å²) in [5.74, 6) is -3.01. The number of piperidine rings is 2. The Labute approximate surface area is 351 Å². The lowest BCUT2D eigenvalue weighted by atomic mass is 9.89. The third kappa shape index (κ3) is 8.02. The summed E-state index contributed by atoms with van der Waals surface area (Å²) in [6.07, 6.45) is 2.68. The standard InChI is InChI=1S/C44H49F3N10O4/c1-25-5-4-16-61-43-31(22-48-53(43)3)36-18-27(17-26(2)49-36)41(59)52-44-50-35-8-6-28(21-38(35)57(44)23-25)54-12-14-55(15-13-54)37-10-11-56(24-34(37)47)29-19-32(45)40(33(46)20-29)30-7-9-39(58)51-42(30)60/h6,8,17-22,25,30,34,37H,4-5,7,9-16,23-24H2,1-3H3,(H,50,52,59)(H,51,58,60)/t25-,30+,34-,37+/m1/s1. The van der Waals surface area contributed by atoms with E-state index in [1.807, 2.05) is 26.1 Å². The maximum atomic E-state index is 16.0. The minimum absolute atomic E-state index is 0.00499. The minimum Gasteiger partial charge on any atom is -0.477 e. The number of rotatable bonds is 4. The number of nitrogens with zero attached hydrogens (tertiary/aromatic N) is 8. The highest BCUT2D eigenvalue weighted by Gasteiger charge is 2.37. The maximum absolute atomic E-state index is 16.0. The summed E-state index contributed by atoms with van der Waals surface area (Å²) in [7, 11) is 1.83. The van der Waals surface area contributed by atoms with Crippen LogP contribution in [0.1, 0.15) is 66.6 Å². The van der Waals surface area contributed by atoms with Crippen LogP contribution in [0.25, 0.3) is 22.3 Å². The van der Waals surface area contributed by atoms with E-state index in [1.165, 1.54) is 0 Å². The van der Waals surface area contributed by atoms with E-state index < -0.39 is 35.5 Å². The molecule has 4 aliphatic rings. The molecule has 5 aromatic rings. The molecule has 2 bridgehead atoms. The lowest BCUT2D eigenvalue weighted by molar-refractivity contribution is -0.134. The van der Waals surface area contributed by atoms with E-state index in [0.29, 0.717) is 81.1 Å². The molecule has 3 saturated heterocycles. The molecule has 0 radical (unpaired) electrons. The fraction of sp³-hybridized carbons (Fsp3) is 0.455. The quantitative estimate of drug-likeness (QED) is 0.215. The first-order valence-electron chi connectivity index (χ1n) is 21.1. The van der Waals surface area contributed by atoms with Gasteiger partial charge in [-0.1, -0.05) is 6.92 Å². The third-order valence-corrected chi connectivity index (χ3v) is 12.6. The van der Waals surface area contributed by atoms with Crippen molar-refractivity contribution < 1.29 is 32.3 Å². The van der Waals surface area contributed by atoms with Crippen LogP contribution in [0.3, 0.4) is 0 Å². The predicted octanol–water partition coefficient (Wildman–Crippen LogP) is 5.74. The number of carbonyl (C=O) groups is 3. The maximum Gasteiger partial charge on any atom is 0.258 e. The lowest BCUT2D eigenvalue weighted by Gasteiger charge is -2.45. The van der Waals surface area contributed by atoms with Gasteiger partial charge >= 0.3 is 0 Å². The molecule has 17 heteroatoms. The van der Waals surface area contributed by atoms with Gasteiger partial charge in [0.1, 0.15) is 17.8 Å². The highest BCUT2D eigenvalue weighted by atomic mass is 19.1. The second kappa shape index (κ2) is 16.5. The summed E-state index contributed by atoms with van der Waals surface area (Å²) >= 11 is 0. The van der Waals surface area contributed by atoms with Gasteiger partial charge in [-0.25, -0.2) is 22.8 Å². The number of imidazole rings is 1. The van der Waals surface area contributed by atoms with Crippen molar-refractivity contribution in [3.05, 3.63) is 77.1 Å². The van der Waals surface area contributed by atoms with Crippen LogP contribution < -0.4 is 25.2 Å². The molecule has 4 aliphatic heterocycles. The Morgan fingerprint density at radius 1 is 0.852 bits per heavy atom. The van der Waals surface area contributed by atoms with Gasteiger partial charge in [0, 0.05) is 87.0 Å². The number of alkyl halides is 1. The molecule has 320 valence electrons. The number of carbonyl (C=O) groups excluding carboxylic acids is 3. The largest absolute Gasteiger partial charge is 0.477 e. The molecule has 14 nitrogen and oxygen atoms in total. The highest BCUT2D eigenvalue weighted by molar-refractivity contribution is 6.05. The van der Waals surface area contributed by atoms with Crippen molar-refractivity contribution in [3.63, 3.8) is 0 Å². The Bertz CT molecular complexity index is 2490. The van der Waals surface area contributed by atoms with E-state index in [1.54, 1.807) is 27.9 Å². The number of halogens is 3. The number of pyridine rings is 1.